The Labute approximate surface area is 189 Å². The Morgan fingerprint density at radius 3 is 2.58 bits per heavy atom. The molecule has 0 aliphatic heterocycles. The molecule has 4 rings (SSSR count). The smallest absolute Gasteiger partial charge is 0.276 e. The molecule has 0 unspecified atom stereocenters. The summed E-state index contributed by atoms with van der Waals surface area (Å²) in [6.45, 7) is 6.59. The van der Waals surface area contributed by atoms with Crippen LogP contribution in [0, 0.1) is 13.8 Å². The highest BCUT2D eigenvalue weighted by Gasteiger charge is 2.19. The molecule has 31 heavy (non-hydrogen) atoms. The van der Waals surface area contributed by atoms with Gasteiger partial charge in [0.25, 0.3) is 5.56 Å². The van der Waals surface area contributed by atoms with Crippen LogP contribution < -0.4 is 10.5 Å². The van der Waals surface area contributed by atoms with Gasteiger partial charge in [0.1, 0.15) is 4.70 Å². The third kappa shape index (κ3) is 4.29. The number of anilines is 1. The summed E-state index contributed by atoms with van der Waals surface area (Å²) in [5, 5.41) is 2.40. The summed E-state index contributed by atoms with van der Waals surface area (Å²) < 4.78 is 2.25. The summed E-state index contributed by atoms with van der Waals surface area (Å²) in [7, 11) is 0. The summed E-state index contributed by atoms with van der Waals surface area (Å²) in [5.74, 6) is 0.167. The summed E-state index contributed by atoms with van der Waals surface area (Å²) >= 11 is 2.68. The first-order valence-electron chi connectivity index (χ1n) is 10.1. The van der Waals surface area contributed by atoms with Crippen LogP contribution in [0.1, 0.15) is 18.1 Å². The van der Waals surface area contributed by atoms with Crippen molar-refractivity contribution in [1.29, 1.82) is 0 Å². The molecule has 2 aromatic carbocycles. The standard InChI is InChI=1S/C24H23N3O2S2/c1-4-26(18-8-6-5-7-9-18)21(28)15-31-24-25-20-12-13-30-22(20)23(29)27(24)19-11-10-16(2)17(3)14-19/h5-14H,4,15H2,1-3H3. The van der Waals surface area contributed by atoms with Crippen LogP contribution in [0.25, 0.3) is 15.9 Å². The predicted octanol–water partition coefficient (Wildman–Crippen LogP) is 5.21. The van der Waals surface area contributed by atoms with Crippen molar-refractivity contribution in [3.8, 4) is 5.69 Å². The van der Waals surface area contributed by atoms with E-state index in [1.165, 1.54) is 23.1 Å². The van der Waals surface area contributed by atoms with Crippen molar-refractivity contribution in [3.63, 3.8) is 0 Å². The summed E-state index contributed by atoms with van der Waals surface area (Å²) in [5.41, 5.74) is 4.45. The number of fused-ring (bicyclic) bond motifs is 1. The Balaban J connectivity index is 1.70. The number of carbonyl (C=O) groups excluding carboxylic acids is 1. The lowest BCUT2D eigenvalue weighted by molar-refractivity contribution is -0.116. The van der Waals surface area contributed by atoms with E-state index in [-0.39, 0.29) is 17.2 Å². The lowest BCUT2D eigenvalue weighted by Gasteiger charge is -2.21. The third-order valence-electron chi connectivity index (χ3n) is 5.21. The molecule has 0 atom stereocenters. The second-order valence-electron chi connectivity index (χ2n) is 7.20. The van der Waals surface area contributed by atoms with Crippen LogP contribution in [0.4, 0.5) is 5.69 Å². The van der Waals surface area contributed by atoms with Gasteiger partial charge in [0.2, 0.25) is 5.91 Å². The average Bonchev–Trinajstić information content (AvgIpc) is 3.25. The zero-order chi connectivity index (χ0) is 22.0. The molecule has 0 N–H and O–H groups in total. The van der Waals surface area contributed by atoms with Crippen LogP contribution in [0.2, 0.25) is 0 Å². The normalized spacial score (nSPS) is 11.1. The Morgan fingerprint density at radius 2 is 1.87 bits per heavy atom. The highest BCUT2D eigenvalue weighted by atomic mass is 32.2. The predicted molar refractivity (Wildman–Crippen MR) is 130 cm³/mol. The van der Waals surface area contributed by atoms with Crippen LogP contribution >= 0.6 is 23.1 Å². The van der Waals surface area contributed by atoms with Crippen LogP contribution in [-0.4, -0.2) is 27.8 Å². The fraction of sp³-hybridized carbons (Fsp3) is 0.208. The molecule has 2 aromatic heterocycles. The van der Waals surface area contributed by atoms with Gasteiger partial charge in [-0.3, -0.25) is 14.2 Å². The number of hydrogen-bond acceptors (Lipinski definition) is 5. The summed E-state index contributed by atoms with van der Waals surface area (Å²) in [4.78, 5) is 32.7. The second kappa shape index (κ2) is 9.08. The van der Waals surface area contributed by atoms with E-state index in [0.29, 0.717) is 21.9 Å². The van der Waals surface area contributed by atoms with E-state index in [2.05, 4.69) is 0 Å². The monoisotopic (exact) mass is 449 g/mol. The Kier molecular flexibility index (Phi) is 6.25. The van der Waals surface area contributed by atoms with Gasteiger partial charge in [-0.1, -0.05) is 36.0 Å². The van der Waals surface area contributed by atoms with Gasteiger partial charge in [-0.2, -0.15) is 0 Å². The molecule has 2 heterocycles. The molecular formula is C24H23N3O2S2. The summed E-state index contributed by atoms with van der Waals surface area (Å²) in [6, 6.07) is 17.4. The van der Waals surface area contributed by atoms with Gasteiger partial charge in [0, 0.05) is 12.2 Å². The van der Waals surface area contributed by atoms with E-state index in [4.69, 9.17) is 4.98 Å². The van der Waals surface area contributed by atoms with E-state index in [1.807, 2.05) is 80.7 Å². The van der Waals surface area contributed by atoms with E-state index >= 15 is 0 Å². The van der Waals surface area contributed by atoms with Crippen molar-refractivity contribution >= 4 is 44.9 Å². The van der Waals surface area contributed by atoms with Crippen LogP contribution in [0.5, 0.6) is 0 Å². The number of nitrogens with zero attached hydrogens (tertiary/aromatic N) is 3. The fourth-order valence-electron chi connectivity index (χ4n) is 3.40. The molecule has 0 bridgehead atoms. The molecule has 0 saturated heterocycles. The van der Waals surface area contributed by atoms with E-state index < -0.39 is 0 Å². The van der Waals surface area contributed by atoms with Gasteiger partial charge in [-0.05, 0) is 67.6 Å². The minimum atomic E-state index is -0.103. The maximum absolute atomic E-state index is 13.3. The molecule has 7 heteroatoms. The lowest BCUT2D eigenvalue weighted by atomic mass is 10.1. The van der Waals surface area contributed by atoms with Crippen molar-refractivity contribution in [2.45, 2.75) is 25.9 Å². The molecule has 0 saturated carbocycles. The quantitative estimate of drug-likeness (QED) is 0.300. The molecule has 5 nitrogen and oxygen atoms in total. The Morgan fingerprint density at radius 1 is 1.10 bits per heavy atom. The minimum Gasteiger partial charge on any atom is -0.312 e. The number of rotatable bonds is 6. The molecule has 0 fully saturated rings. The van der Waals surface area contributed by atoms with Gasteiger partial charge in [-0.15, -0.1) is 11.3 Å². The van der Waals surface area contributed by atoms with Crippen molar-refractivity contribution in [2.24, 2.45) is 0 Å². The maximum Gasteiger partial charge on any atom is 0.276 e. The fourth-order valence-corrected chi connectivity index (χ4v) is 5.04. The van der Waals surface area contributed by atoms with Gasteiger partial charge in [0.05, 0.1) is 17.0 Å². The number of para-hydroxylation sites is 1. The van der Waals surface area contributed by atoms with Gasteiger partial charge in [-0.25, -0.2) is 4.98 Å². The topological polar surface area (TPSA) is 55.2 Å². The Hall–Kier alpha value is -2.90. The first-order chi connectivity index (χ1) is 15.0. The van der Waals surface area contributed by atoms with Crippen molar-refractivity contribution in [3.05, 3.63) is 81.5 Å². The number of hydrogen-bond donors (Lipinski definition) is 0. The van der Waals surface area contributed by atoms with Gasteiger partial charge >= 0.3 is 0 Å². The number of aryl methyl sites for hydroxylation is 2. The molecular weight excluding hydrogens is 426 g/mol. The largest absolute Gasteiger partial charge is 0.312 e. The number of aromatic nitrogens is 2. The van der Waals surface area contributed by atoms with Crippen LogP contribution in [-0.2, 0) is 4.79 Å². The third-order valence-corrected chi connectivity index (χ3v) is 7.02. The van der Waals surface area contributed by atoms with Crippen molar-refractivity contribution in [2.75, 3.05) is 17.2 Å². The first kappa shape index (κ1) is 21.3. The molecule has 1 amide bonds. The second-order valence-corrected chi connectivity index (χ2v) is 9.06. The molecule has 158 valence electrons. The van der Waals surface area contributed by atoms with E-state index in [0.717, 1.165) is 22.5 Å². The van der Waals surface area contributed by atoms with Crippen molar-refractivity contribution in [1.82, 2.24) is 9.55 Å². The Bertz CT molecular complexity index is 1300. The van der Waals surface area contributed by atoms with E-state index in [9.17, 15) is 9.59 Å². The van der Waals surface area contributed by atoms with Gasteiger partial charge in [0.15, 0.2) is 5.16 Å². The average molecular weight is 450 g/mol. The number of thiophene rings is 1. The highest BCUT2D eigenvalue weighted by Crippen LogP contribution is 2.25. The van der Waals surface area contributed by atoms with Gasteiger partial charge < -0.3 is 4.90 Å². The van der Waals surface area contributed by atoms with Crippen molar-refractivity contribution < 1.29 is 4.79 Å². The molecule has 0 aliphatic rings. The number of thioether (sulfide) groups is 1. The number of benzene rings is 2. The lowest BCUT2D eigenvalue weighted by Crippen LogP contribution is -2.32. The van der Waals surface area contributed by atoms with E-state index in [1.54, 1.807) is 9.47 Å². The molecule has 0 spiro atoms. The molecule has 0 aliphatic carbocycles. The number of amides is 1. The SMILES string of the molecule is CCN(C(=O)CSc1nc2ccsc2c(=O)n1-c1ccc(C)c(C)c1)c1ccccc1. The zero-order valence-electron chi connectivity index (χ0n) is 17.7. The molecule has 4 aromatic rings. The summed E-state index contributed by atoms with van der Waals surface area (Å²) in [6.07, 6.45) is 0. The molecule has 0 radical (unpaired) electrons. The minimum absolute atomic E-state index is 0.0231. The highest BCUT2D eigenvalue weighted by molar-refractivity contribution is 7.99. The maximum atomic E-state index is 13.3. The number of carbonyl (C=O) groups is 1. The van der Waals surface area contributed by atoms with Crippen LogP contribution in [0.15, 0.2) is 69.9 Å². The first-order valence-corrected chi connectivity index (χ1v) is 11.9. The van der Waals surface area contributed by atoms with Crippen LogP contribution in [0.3, 0.4) is 0 Å². The zero-order valence-corrected chi connectivity index (χ0v) is 19.3.